The molecule has 0 heterocycles. The molecule has 1 rings (SSSR count). The number of hydrogen-bond acceptors (Lipinski definition) is 5. The lowest BCUT2D eigenvalue weighted by molar-refractivity contribution is -0.140. The largest absolute Gasteiger partial charge is 0.480 e. The first kappa shape index (κ1) is 18.6. The Hall–Kier alpha value is -1.45. The number of ether oxygens (including phenoxy) is 1. The van der Waals surface area contributed by atoms with Crippen molar-refractivity contribution in [1.29, 1.82) is 0 Å². The molecule has 0 aliphatic heterocycles. The molecule has 0 spiro atoms. The number of carbonyl (C=O) groups is 2. The van der Waals surface area contributed by atoms with Gasteiger partial charge in [0.05, 0.1) is 17.1 Å². The van der Waals surface area contributed by atoms with Crippen molar-refractivity contribution in [3.63, 3.8) is 0 Å². The van der Waals surface area contributed by atoms with E-state index in [9.17, 15) is 18.0 Å². The number of hydrogen-bond donors (Lipinski definition) is 1. The Balaban J connectivity index is 3.22. The third kappa shape index (κ3) is 3.84. The van der Waals surface area contributed by atoms with Crippen molar-refractivity contribution >= 4 is 37.9 Å². The van der Waals surface area contributed by atoms with E-state index in [2.05, 4.69) is 15.9 Å². The maximum Gasteiger partial charge on any atom is 0.338 e. The van der Waals surface area contributed by atoms with Gasteiger partial charge in [0.2, 0.25) is 10.0 Å². The number of likely N-dealkylation sites (N-methyl/N-ethyl adjacent to an activating group) is 1. The van der Waals surface area contributed by atoms with E-state index in [1.54, 1.807) is 6.92 Å². The maximum atomic E-state index is 12.4. The number of carbonyl (C=O) groups excluding carboxylic acids is 1. The van der Waals surface area contributed by atoms with Gasteiger partial charge in [-0.25, -0.2) is 13.2 Å². The molecule has 0 fully saturated rings. The number of benzene rings is 1. The van der Waals surface area contributed by atoms with Gasteiger partial charge in [-0.3, -0.25) is 4.79 Å². The van der Waals surface area contributed by atoms with Crippen LogP contribution < -0.4 is 0 Å². The molecule has 0 bridgehead atoms. The summed E-state index contributed by atoms with van der Waals surface area (Å²) in [7, 11) is -2.83. The molecule has 0 saturated carbocycles. The van der Waals surface area contributed by atoms with E-state index < -0.39 is 28.0 Å². The highest BCUT2D eigenvalue weighted by Crippen LogP contribution is 2.27. The minimum absolute atomic E-state index is 0.129. The number of carboxylic acids is 1. The number of rotatable bonds is 6. The molecule has 0 radical (unpaired) electrons. The first-order valence-corrected chi connectivity index (χ1v) is 8.53. The van der Waals surface area contributed by atoms with Gasteiger partial charge < -0.3 is 9.84 Å². The minimum atomic E-state index is -4.02. The number of esters is 1. The molecule has 1 N–H and O–H groups in total. The van der Waals surface area contributed by atoms with E-state index >= 15 is 0 Å². The summed E-state index contributed by atoms with van der Waals surface area (Å²) >= 11 is 3.10. The molecule has 122 valence electrons. The van der Waals surface area contributed by atoms with Crippen LogP contribution in [0.5, 0.6) is 0 Å². The Morgan fingerprint density at radius 2 is 2.00 bits per heavy atom. The van der Waals surface area contributed by atoms with Crippen molar-refractivity contribution in [1.82, 2.24) is 4.31 Å². The molecular formula is C13H16BrNO6S. The second kappa shape index (κ2) is 7.21. The Morgan fingerprint density at radius 1 is 1.41 bits per heavy atom. The van der Waals surface area contributed by atoms with Crippen molar-refractivity contribution in [2.24, 2.45) is 0 Å². The third-order valence-electron chi connectivity index (χ3n) is 3.00. The number of carboxylic acid groups (broad SMARTS) is 1. The van der Waals surface area contributed by atoms with Gasteiger partial charge in [-0.2, -0.15) is 4.31 Å². The molecule has 0 saturated heterocycles. The summed E-state index contributed by atoms with van der Waals surface area (Å²) in [4.78, 5) is 22.4. The second-order valence-electron chi connectivity index (χ2n) is 4.40. The lowest BCUT2D eigenvalue weighted by Crippen LogP contribution is -2.40. The number of aliphatic carboxylic acids is 1. The average molecular weight is 394 g/mol. The molecule has 1 aromatic carbocycles. The molecule has 9 heteroatoms. The number of sulfonamides is 1. The SMILES string of the molecule is CCOC(=O)c1ccc(S(=O)(=O)N(C)C(C)C(=O)O)c(Br)c1. The van der Waals surface area contributed by atoms with Crippen LogP contribution in [0.2, 0.25) is 0 Å². The van der Waals surface area contributed by atoms with Gasteiger partial charge in [0.25, 0.3) is 0 Å². The van der Waals surface area contributed by atoms with E-state index in [1.165, 1.54) is 32.2 Å². The van der Waals surface area contributed by atoms with Crippen molar-refractivity contribution < 1.29 is 27.9 Å². The van der Waals surface area contributed by atoms with Gasteiger partial charge in [0.1, 0.15) is 6.04 Å². The number of halogens is 1. The molecule has 0 aliphatic carbocycles. The summed E-state index contributed by atoms with van der Waals surface area (Å²) in [6.07, 6.45) is 0. The Labute approximate surface area is 137 Å². The van der Waals surface area contributed by atoms with Crippen molar-refractivity contribution in [2.45, 2.75) is 24.8 Å². The van der Waals surface area contributed by atoms with Gasteiger partial charge in [-0.05, 0) is 48.0 Å². The van der Waals surface area contributed by atoms with Crippen LogP contribution in [0.15, 0.2) is 27.6 Å². The van der Waals surface area contributed by atoms with Crippen LogP contribution in [0.1, 0.15) is 24.2 Å². The first-order valence-electron chi connectivity index (χ1n) is 6.30. The first-order chi connectivity index (χ1) is 10.1. The van der Waals surface area contributed by atoms with Gasteiger partial charge in [-0.15, -0.1) is 0 Å². The van der Waals surface area contributed by atoms with E-state index in [-0.39, 0.29) is 21.5 Å². The number of nitrogens with zero attached hydrogens (tertiary/aromatic N) is 1. The highest BCUT2D eigenvalue weighted by atomic mass is 79.9. The van der Waals surface area contributed by atoms with E-state index in [0.29, 0.717) is 0 Å². The van der Waals surface area contributed by atoms with Crippen molar-refractivity contribution in [3.8, 4) is 0 Å². The smallest absolute Gasteiger partial charge is 0.338 e. The van der Waals surface area contributed by atoms with E-state index in [4.69, 9.17) is 9.84 Å². The molecule has 22 heavy (non-hydrogen) atoms. The van der Waals surface area contributed by atoms with Crippen LogP contribution >= 0.6 is 15.9 Å². The van der Waals surface area contributed by atoms with Crippen LogP contribution in [0.3, 0.4) is 0 Å². The zero-order chi connectivity index (χ0) is 17.1. The normalized spacial score (nSPS) is 13.0. The summed E-state index contributed by atoms with van der Waals surface area (Å²) < 4.78 is 30.6. The molecule has 0 aliphatic rings. The van der Waals surface area contributed by atoms with Crippen molar-refractivity contribution in [2.75, 3.05) is 13.7 Å². The maximum absolute atomic E-state index is 12.4. The van der Waals surface area contributed by atoms with Crippen LogP contribution in [0.4, 0.5) is 0 Å². The molecule has 1 unspecified atom stereocenters. The summed E-state index contributed by atoms with van der Waals surface area (Å²) in [6, 6.07) is 2.65. The Kier molecular flexibility index (Phi) is 6.09. The Morgan fingerprint density at radius 3 is 2.45 bits per heavy atom. The predicted octanol–water partition coefficient (Wildman–Crippen LogP) is 1.72. The molecule has 1 atom stereocenters. The molecular weight excluding hydrogens is 378 g/mol. The van der Waals surface area contributed by atoms with Gasteiger partial charge in [0.15, 0.2) is 0 Å². The van der Waals surface area contributed by atoms with Crippen LogP contribution in [-0.2, 0) is 19.6 Å². The van der Waals surface area contributed by atoms with E-state index in [0.717, 1.165) is 4.31 Å². The Bertz CT molecular complexity index is 688. The van der Waals surface area contributed by atoms with Crippen LogP contribution in [-0.4, -0.2) is 49.5 Å². The van der Waals surface area contributed by atoms with Crippen LogP contribution in [0.25, 0.3) is 0 Å². The van der Waals surface area contributed by atoms with Gasteiger partial charge in [0, 0.05) is 11.5 Å². The zero-order valence-corrected chi connectivity index (χ0v) is 14.6. The van der Waals surface area contributed by atoms with Gasteiger partial charge >= 0.3 is 11.9 Å². The third-order valence-corrected chi connectivity index (χ3v) is 5.91. The minimum Gasteiger partial charge on any atom is -0.480 e. The van der Waals surface area contributed by atoms with E-state index in [1.807, 2.05) is 0 Å². The molecule has 0 aromatic heterocycles. The lowest BCUT2D eigenvalue weighted by atomic mass is 10.2. The highest BCUT2D eigenvalue weighted by Gasteiger charge is 2.31. The highest BCUT2D eigenvalue weighted by molar-refractivity contribution is 9.10. The van der Waals surface area contributed by atoms with Crippen LogP contribution in [0, 0.1) is 0 Å². The monoisotopic (exact) mass is 393 g/mol. The van der Waals surface area contributed by atoms with Crippen molar-refractivity contribution in [3.05, 3.63) is 28.2 Å². The average Bonchev–Trinajstić information content (AvgIpc) is 2.45. The molecule has 7 nitrogen and oxygen atoms in total. The summed E-state index contributed by atoms with van der Waals surface area (Å²) in [6.45, 7) is 3.13. The molecule has 1 aromatic rings. The second-order valence-corrected chi connectivity index (χ2v) is 7.22. The lowest BCUT2D eigenvalue weighted by Gasteiger charge is -2.21. The van der Waals surface area contributed by atoms with Gasteiger partial charge in [-0.1, -0.05) is 0 Å². The predicted molar refractivity (Wildman–Crippen MR) is 82.1 cm³/mol. The summed E-state index contributed by atoms with van der Waals surface area (Å²) in [5, 5.41) is 8.93. The fourth-order valence-electron chi connectivity index (χ4n) is 1.57. The zero-order valence-electron chi connectivity index (χ0n) is 12.2. The molecule has 0 amide bonds. The standard InChI is InChI=1S/C13H16BrNO6S/c1-4-21-13(18)9-5-6-11(10(14)7-9)22(19,20)15(3)8(2)12(16)17/h5-8H,4H2,1-3H3,(H,16,17). The topological polar surface area (TPSA) is 101 Å². The quantitative estimate of drug-likeness (QED) is 0.738. The summed E-state index contributed by atoms with van der Waals surface area (Å²) in [5.74, 6) is -1.83. The summed E-state index contributed by atoms with van der Waals surface area (Å²) in [5.41, 5.74) is 0.196. The fraction of sp³-hybridized carbons (Fsp3) is 0.385. The fourth-order valence-corrected chi connectivity index (χ4v) is 3.92.